The van der Waals surface area contributed by atoms with E-state index in [1.165, 1.54) is 0 Å². The number of esters is 1. The summed E-state index contributed by atoms with van der Waals surface area (Å²) in [7, 11) is 0. The standard InChI is InChI=1S/C23H26N4O2/c1-4-27(5-2)23-25-20(17-10-8-7-9-11-17)16-21(26-23)24-19-14-12-18(13-15-19)22(28)29-6-3/h7-16H,4-6H2,1-3H3,(H,24,25,26). The number of rotatable bonds is 8. The van der Waals surface area contributed by atoms with Crippen molar-refractivity contribution < 1.29 is 9.53 Å². The van der Waals surface area contributed by atoms with Gasteiger partial charge in [0.05, 0.1) is 17.9 Å². The third-order valence-electron chi connectivity index (χ3n) is 4.50. The van der Waals surface area contributed by atoms with Crippen LogP contribution in [0.3, 0.4) is 0 Å². The molecule has 0 amide bonds. The van der Waals surface area contributed by atoms with Gasteiger partial charge in [-0.05, 0) is 45.0 Å². The van der Waals surface area contributed by atoms with Gasteiger partial charge in [0.25, 0.3) is 0 Å². The quantitative estimate of drug-likeness (QED) is 0.551. The lowest BCUT2D eigenvalue weighted by Gasteiger charge is -2.20. The van der Waals surface area contributed by atoms with Crippen molar-refractivity contribution in [3.05, 3.63) is 66.2 Å². The van der Waals surface area contributed by atoms with E-state index in [1.807, 2.05) is 48.5 Å². The molecule has 0 aliphatic rings. The average molecular weight is 390 g/mol. The molecule has 29 heavy (non-hydrogen) atoms. The van der Waals surface area contributed by atoms with Crippen LogP contribution in [0.1, 0.15) is 31.1 Å². The number of anilines is 3. The highest BCUT2D eigenvalue weighted by Crippen LogP contribution is 2.25. The van der Waals surface area contributed by atoms with Gasteiger partial charge in [-0.15, -0.1) is 0 Å². The number of hydrogen-bond acceptors (Lipinski definition) is 6. The highest BCUT2D eigenvalue weighted by Gasteiger charge is 2.12. The molecule has 1 heterocycles. The summed E-state index contributed by atoms with van der Waals surface area (Å²) in [5.74, 6) is 1.06. The minimum atomic E-state index is -0.323. The second-order valence-electron chi connectivity index (χ2n) is 6.40. The summed E-state index contributed by atoms with van der Waals surface area (Å²) in [4.78, 5) is 23.4. The summed E-state index contributed by atoms with van der Waals surface area (Å²) in [6.07, 6.45) is 0. The zero-order chi connectivity index (χ0) is 20.6. The Labute approximate surface area is 171 Å². The third kappa shape index (κ3) is 5.10. The maximum absolute atomic E-state index is 11.8. The highest BCUT2D eigenvalue weighted by atomic mass is 16.5. The predicted molar refractivity (Wildman–Crippen MR) is 117 cm³/mol. The zero-order valence-corrected chi connectivity index (χ0v) is 17.1. The van der Waals surface area contributed by atoms with Crippen LogP contribution in [0, 0.1) is 0 Å². The van der Waals surface area contributed by atoms with Crippen molar-refractivity contribution in [1.29, 1.82) is 0 Å². The molecule has 6 nitrogen and oxygen atoms in total. The van der Waals surface area contributed by atoms with Crippen LogP contribution in [0.5, 0.6) is 0 Å². The molecular weight excluding hydrogens is 364 g/mol. The molecule has 3 aromatic rings. The Hall–Kier alpha value is -3.41. The molecule has 1 N–H and O–H groups in total. The first-order valence-electron chi connectivity index (χ1n) is 9.88. The number of carbonyl (C=O) groups excluding carboxylic acids is 1. The van der Waals surface area contributed by atoms with Crippen molar-refractivity contribution in [1.82, 2.24) is 9.97 Å². The van der Waals surface area contributed by atoms with Gasteiger partial charge < -0.3 is 15.0 Å². The minimum absolute atomic E-state index is 0.323. The summed E-state index contributed by atoms with van der Waals surface area (Å²) >= 11 is 0. The second-order valence-corrected chi connectivity index (χ2v) is 6.40. The lowest BCUT2D eigenvalue weighted by Crippen LogP contribution is -2.24. The first-order valence-corrected chi connectivity index (χ1v) is 9.88. The lowest BCUT2D eigenvalue weighted by atomic mass is 10.1. The van der Waals surface area contributed by atoms with Gasteiger partial charge >= 0.3 is 5.97 Å². The Kier molecular flexibility index (Phi) is 6.79. The third-order valence-corrected chi connectivity index (χ3v) is 4.50. The van der Waals surface area contributed by atoms with Crippen LogP contribution in [0.4, 0.5) is 17.5 Å². The number of aromatic nitrogens is 2. The molecule has 0 atom stereocenters. The first-order chi connectivity index (χ1) is 14.1. The summed E-state index contributed by atoms with van der Waals surface area (Å²) < 4.78 is 5.03. The number of benzene rings is 2. The molecular formula is C23H26N4O2. The number of carbonyl (C=O) groups is 1. The van der Waals surface area contributed by atoms with E-state index in [1.54, 1.807) is 19.1 Å². The molecule has 0 bridgehead atoms. The van der Waals surface area contributed by atoms with Crippen LogP contribution in [-0.4, -0.2) is 35.6 Å². The van der Waals surface area contributed by atoms with Crippen LogP contribution < -0.4 is 10.2 Å². The number of nitrogens with zero attached hydrogens (tertiary/aromatic N) is 3. The van der Waals surface area contributed by atoms with Crippen LogP contribution in [0.25, 0.3) is 11.3 Å². The fourth-order valence-corrected chi connectivity index (χ4v) is 2.96. The molecule has 0 spiro atoms. The Morgan fingerprint density at radius 3 is 2.28 bits per heavy atom. The maximum atomic E-state index is 11.8. The molecule has 1 aromatic heterocycles. The largest absolute Gasteiger partial charge is 0.462 e. The Morgan fingerprint density at radius 1 is 0.966 bits per heavy atom. The normalized spacial score (nSPS) is 10.4. The van der Waals surface area contributed by atoms with E-state index in [4.69, 9.17) is 14.7 Å². The van der Waals surface area contributed by atoms with E-state index in [9.17, 15) is 4.79 Å². The topological polar surface area (TPSA) is 67.3 Å². The first kappa shape index (κ1) is 20.3. The van der Waals surface area contributed by atoms with Crippen LogP contribution in [-0.2, 0) is 4.74 Å². The van der Waals surface area contributed by atoms with E-state index < -0.39 is 0 Å². The molecule has 3 rings (SSSR count). The van der Waals surface area contributed by atoms with E-state index in [0.29, 0.717) is 23.9 Å². The van der Waals surface area contributed by atoms with Crippen molar-refractivity contribution in [2.24, 2.45) is 0 Å². The number of ether oxygens (including phenoxy) is 1. The molecule has 0 fully saturated rings. The van der Waals surface area contributed by atoms with Crippen molar-refractivity contribution >= 4 is 23.4 Å². The summed E-state index contributed by atoms with van der Waals surface area (Å²) in [5.41, 5.74) is 3.24. The van der Waals surface area contributed by atoms with E-state index >= 15 is 0 Å². The molecule has 0 saturated carbocycles. The molecule has 0 aliphatic heterocycles. The van der Waals surface area contributed by atoms with Gasteiger partial charge in [-0.2, -0.15) is 4.98 Å². The maximum Gasteiger partial charge on any atom is 0.338 e. The van der Waals surface area contributed by atoms with E-state index in [2.05, 4.69) is 24.1 Å². The van der Waals surface area contributed by atoms with Crippen LogP contribution >= 0.6 is 0 Å². The van der Waals surface area contributed by atoms with Gasteiger partial charge in [0, 0.05) is 30.4 Å². The Morgan fingerprint density at radius 2 is 1.66 bits per heavy atom. The molecule has 150 valence electrons. The Bertz CT molecular complexity index is 939. The molecule has 0 saturated heterocycles. The predicted octanol–water partition coefficient (Wildman–Crippen LogP) is 4.91. The summed E-state index contributed by atoms with van der Waals surface area (Å²) in [6.45, 7) is 7.97. The summed E-state index contributed by atoms with van der Waals surface area (Å²) in [6, 6.07) is 19.1. The number of hydrogen-bond donors (Lipinski definition) is 1. The minimum Gasteiger partial charge on any atom is -0.462 e. The van der Waals surface area contributed by atoms with Crippen molar-refractivity contribution in [2.45, 2.75) is 20.8 Å². The fraction of sp³-hybridized carbons (Fsp3) is 0.261. The van der Waals surface area contributed by atoms with E-state index in [0.717, 1.165) is 30.0 Å². The van der Waals surface area contributed by atoms with Gasteiger partial charge in [-0.3, -0.25) is 0 Å². The lowest BCUT2D eigenvalue weighted by molar-refractivity contribution is 0.0526. The van der Waals surface area contributed by atoms with Gasteiger partial charge in [0.1, 0.15) is 5.82 Å². The Balaban J connectivity index is 1.91. The molecule has 0 unspecified atom stereocenters. The second kappa shape index (κ2) is 9.68. The molecule has 6 heteroatoms. The van der Waals surface area contributed by atoms with Gasteiger partial charge in [-0.1, -0.05) is 30.3 Å². The fourth-order valence-electron chi connectivity index (χ4n) is 2.96. The monoisotopic (exact) mass is 390 g/mol. The number of nitrogens with one attached hydrogen (secondary N) is 1. The highest BCUT2D eigenvalue weighted by molar-refractivity contribution is 5.89. The van der Waals surface area contributed by atoms with Crippen molar-refractivity contribution in [3.63, 3.8) is 0 Å². The van der Waals surface area contributed by atoms with E-state index in [-0.39, 0.29) is 5.97 Å². The average Bonchev–Trinajstić information content (AvgIpc) is 2.76. The smallest absolute Gasteiger partial charge is 0.338 e. The van der Waals surface area contributed by atoms with Crippen LogP contribution in [0.2, 0.25) is 0 Å². The van der Waals surface area contributed by atoms with Crippen molar-refractivity contribution in [3.8, 4) is 11.3 Å². The molecule has 0 aliphatic carbocycles. The van der Waals surface area contributed by atoms with Gasteiger partial charge in [0.2, 0.25) is 5.95 Å². The summed E-state index contributed by atoms with van der Waals surface area (Å²) in [5, 5.41) is 3.33. The molecule has 2 aromatic carbocycles. The van der Waals surface area contributed by atoms with Gasteiger partial charge in [-0.25, -0.2) is 9.78 Å². The van der Waals surface area contributed by atoms with Crippen molar-refractivity contribution in [2.75, 3.05) is 29.9 Å². The zero-order valence-electron chi connectivity index (χ0n) is 17.1. The van der Waals surface area contributed by atoms with Crippen LogP contribution in [0.15, 0.2) is 60.7 Å². The molecule has 0 radical (unpaired) electrons. The van der Waals surface area contributed by atoms with Gasteiger partial charge in [0.15, 0.2) is 0 Å². The SMILES string of the molecule is CCOC(=O)c1ccc(Nc2cc(-c3ccccc3)nc(N(CC)CC)n2)cc1.